The van der Waals surface area contributed by atoms with Gasteiger partial charge in [0, 0.05) is 16.3 Å². The minimum atomic E-state index is 0.926. The summed E-state index contributed by atoms with van der Waals surface area (Å²) in [7, 11) is 0. The molecule has 11 aromatic carbocycles. The third-order valence-corrected chi connectivity index (χ3v) is 13.1. The van der Waals surface area contributed by atoms with E-state index in [0.717, 1.165) is 45.9 Å². The molecule has 0 radical (unpaired) electrons. The zero-order valence-electron chi connectivity index (χ0n) is 34.5. The Morgan fingerprint density at radius 3 is 1.76 bits per heavy atom. The van der Waals surface area contributed by atoms with Crippen molar-refractivity contribution in [3.63, 3.8) is 0 Å². The number of hydrogen-bond acceptors (Lipinski definition) is 1. The van der Waals surface area contributed by atoms with Gasteiger partial charge in [-0.2, -0.15) is 0 Å². The van der Waals surface area contributed by atoms with E-state index in [9.17, 15) is 0 Å². The summed E-state index contributed by atoms with van der Waals surface area (Å²) in [6.45, 7) is 2.08. The van der Waals surface area contributed by atoms with Crippen LogP contribution in [-0.4, -0.2) is 0 Å². The van der Waals surface area contributed by atoms with Crippen LogP contribution < -0.4 is 0 Å². The van der Waals surface area contributed by atoms with Crippen molar-refractivity contribution in [3.05, 3.63) is 229 Å². The molecule has 0 amide bonds. The lowest BCUT2D eigenvalue weighted by molar-refractivity contribution is 0.670. The van der Waals surface area contributed by atoms with Crippen molar-refractivity contribution in [3.8, 4) is 44.5 Å². The molecule has 12 aromatic rings. The van der Waals surface area contributed by atoms with E-state index in [2.05, 4.69) is 207 Å². The van der Waals surface area contributed by atoms with Crippen molar-refractivity contribution in [1.29, 1.82) is 0 Å². The fraction of sp³-hybridized carbons (Fsp3) is 0.0492. The molecule has 1 nitrogen and oxygen atoms in total. The first-order valence-electron chi connectivity index (χ1n) is 21.7. The first kappa shape index (κ1) is 36.1. The van der Waals surface area contributed by atoms with Crippen molar-refractivity contribution in [1.82, 2.24) is 0 Å². The Hall–Kier alpha value is -7.74. The van der Waals surface area contributed by atoms with Gasteiger partial charge < -0.3 is 4.42 Å². The van der Waals surface area contributed by atoms with Gasteiger partial charge in [-0.1, -0.05) is 194 Å². The van der Waals surface area contributed by atoms with Gasteiger partial charge in [-0.25, -0.2) is 0 Å². The molecule has 0 atom stereocenters. The number of hydrogen-bond donors (Lipinski definition) is 0. The molecule has 1 aliphatic rings. The van der Waals surface area contributed by atoms with Crippen LogP contribution in [0.1, 0.15) is 23.6 Å². The first-order valence-corrected chi connectivity index (χ1v) is 21.7. The fourth-order valence-electron chi connectivity index (χ4n) is 10.1. The summed E-state index contributed by atoms with van der Waals surface area (Å²) >= 11 is 0. The van der Waals surface area contributed by atoms with Gasteiger partial charge in [0.15, 0.2) is 0 Å². The number of rotatable bonds is 5. The topological polar surface area (TPSA) is 13.1 Å². The summed E-state index contributed by atoms with van der Waals surface area (Å²) in [4.78, 5) is 0. The second-order valence-corrected chi connectivity index (χ2v) is 16.6. The maximum atomic E-state index is 6.35. The van der Waals surface area contributed by atoms with Crippen molar-refractivity contribution in [2.75, 3.05) is 0 Å². The number of allylic oxidation sites excluding steroid dienone is 2. The summed E-state index contributed by atoms with van der Waals surface area (Å²) < 4.78 is 6.35. The smallest absolute Gasteiger partial charge is 0.143 e. The van der Waals surface area contributed by atoms with Crippen molar-refractivity contribution < 1.29 is 4.42 Å². The predicted molar refractivity (Wildman–Crippen MR) is 264 cm³/mol. The van der Waals surface area contributed by atoms with E-state index in [1.165, 1.54) is 93.2 Å². The first-order chi connectivity index (χ1) is 30.7. The van der Waals surface area contributed by atoms with Gasteiger partial charge in [0.2, 0.25) is 0 Å². The molecule has 1 heterocycles. The normalized spacial score (nSPS) is 12.2. The predicted octanol–water partition coefficient (Wildman–Crippen LogP) is 17.0. The molecule has 0 saturated carbocycles. The third kappa shape index (κ3) is 5.92. The van der Waals surface area contributed by atoms with E-state index in [-0.39, 0.29) is 0 Å². The average molecular weight is 791 g/mol. The van der Waals surface area contributed by atoms with Crippen LogP contribution in [0.4, 0.5) is 0 Å². The van der Waals surface area contributed by atoms with Crippen LogP contribution >= 0.6 is 0 Å². The lowest BCUT2D eigenvalue weighted by atomic mass is 9.87. The molecule has 0 fully saturated rings. The van der Waals surface area contributed by atoms with Crippen LogP contribution in [-0.2, 0) is 12.8 Å². The van der Waals surface area contributed by atoms with Crippen molar-refractivity contribution in [2.45, 2.75) is 19.8 Å². The standard InChI is InChI=1S/C44H26O.C17H16/c1-2-7-27(8-3-1)34-21-17-28-20-24-39-35(22-18-29-19-23-38(34)42(28)43(29)39)32-15-13-31-26-33(16-14-30(31)25-32)36-10-6-11-40-37-9-4-5-12-41(37)45-44(36)40;1-2-3-7-13-9-6-11-16-15-10-5-4-8-14(15)12-17(13)16/h1-26H;2-6,8-11H,7,12H2,1H3/b;3-2+. The Kier molecular flexibility index (Phi) is 8.61. The molecular weight excluding hydrogens is 749 g/mol. The van der Waals surface area contributed by atoms with Crippen LogP contribution in [0.3, 0.4) is 0 Å². The van der Waals surface area contributed by atoms with Crippen LogP contribution in [0, 0.1) is 0 Å². The van der Waals surface area contributed by atoms with Crippen molar-refractivity contribution >= 4 is 65.0 Å². The highest BCUT2D eigenvalue weighted by atomic mass is 16.3. The maximum Gasteiger partial charge on any atom is 0.143 e. The molecule has 0 saturated heterocycles. The highest BCUT2D eigenvalue weighted by Crippen LogP contribution is 2.44. The second-order valence-electron chi connectivity index (χ2n) is 16.6. The Labute approximate surface area is 361 Å². The van der Waals surface area contributed by atoms with Crippen LogP contribution in [0.5, 0.6) is 0 Å². The van der Waals surface area contributed by atoms with E-state index in [0.29, 0.717) is 0 Å². The summed E-state index contributed by atoms with van der Waals surface area (Å²) in [5.74, 6) is 0. The second kappa shape index (κ2) is 14.8. The van der Waals surface area contributed by atoms with Crippen molar-refractivity contribution in [2.24, 2.45) is 0 Å². The third-order valence-electron chi connectivity index (χ3n) is 13.1. The largest absolute Gasteiger partial charge is 0.455 e. The molecule has 1 aromatic heterocycles. The molecule has 0 N–H and O–H groups in total. The zero-order chi connectivity index (χ0) is 41.1. The zero-order valence-corrected chi connectivity index (χ0v) is 34.5. The summed E-state index contributed by atoms with van der Waals surface area (Å²) in [5.41, 5.74) is 16.5. The van der Waals surface area contributed by atoms with Gasteiger partial charge in [0.25, 0.3) is 0 Å². The molecule has 0 unspecified atom stereocenters. The van der Waals surface area contributed by atoms with Gasteiger partial charge in [-0.15, -0.1) is 0 Å². The van der Waals surface area contributed by atoms with Crippen LogP contribution in [0.15, 0.2) is 217 Å². The highest BCUT2D eigenvalue weighted by Gasteiger charge is 2.20. The molecule has 13 rings (SSSR count). The summed E-state index contributed by atoms with van der Waals surface area (Å²) in [5, 5.41) is 12.6. The van der Waals surface area contributed by atoms with E-state index in [4.69, 9.17) is 4.42 Å². The Balaban J connectivity index is 0.000000202. The molecule has 1 heteroatoms. The van der Waals surface area contributed by atoms with Gasteiger partial charge >= 0.3 is 0 Å². The average Bonchev–Trinajstić information content (AvgIpc) is 3.92. The lowest BCUT2D eigenvalue weighted by Gasteiger charge is -2.17. The van der Waals surface area contributed by atoms with Gasteiger partial charge in [-0.3, -0.25) is 0 Å². The van der Waals surface area contributed by atoms with Crippen LogP contribution in [0.25, 0.3) is 110 Å². The number of para-hydroxylation sites is 2. The quantitative estimate of drug-likeness (QED) is 0.125. The van der Waals surface area contributed by atoms with E-state index in [1.54, 1.807) is 0 Å². The molecule has 0 aliphatic heterocycles. The lowest BCUT2D eigenvalue weighted by Crippen LogP contribution is -1.90. The molecular formula is C61H42O. The fourth-order valence-corrected chi connectivity index (χ4v) is 10.1. The van der Waals surface area contributed by atoms with E-state index in [1.807, 2.05) is 12.1 Å². The molecule has 0 bridgehead atoms. The van der Waals surface area contributed by atoms with Gasteiger partial charge in [0.1, 0.15) is 11.2 Å². The van der Waals surface area contributed by atoms with Gasteiger partial charge in [-0.05, 0) is 137 Å². The monoisotopic (exact) mass is 790 g/mol. The Morgan fingerprint density at radius 2 is 1.00 bits per heavy atom. The van der Waals surface area contributed by atoms with Crippen LogP contribution in [0.2, 0.25) is 0 Å². The molecule has 1 aliphatic carbocycles. The molecule has 0 spiro atoms. The maximum absolute atomic E-state index is 6.35. The Morgan fingerprint density at radius 1 is 0.419 bits per heavy atom. The minimum absolute atomic E-state index is 0.926. The van der Waals surface area contributed by atoms with Gasteiger partial charge in [0.05, 0.1) is 0 Å². The van der Waals surface area contributed by atoms with E-state index >= 15 is 0 Å². The Bertz CT molecular complexity index is 3700. The summed E-state index contributed by atoms with van der Waals surface area (Å²) in [6.07, 6.45) is 6.51. The molecule has 292 valence electrons. The molecule has 62 heavy (non-hydrogen) atoms. The number of benzene rings is 11. The SMILES string of the molecule is C/C=C/Cc1cccc2c1Cc1ccccc1-2.c1ccc(-c2ccc3ccc4c(-c5ccc6cc(-c7cccc8c7oc7ccccc78)ccc6c5)ccc5ccc2c3c54)cc1. The minimum Gasteiger partial charge on any atom is -0.455 e. The summed E-state index contributed by atoms with van der Waals surface area (Å²) in [6, 6.07) is 72.8. The van der Waals surface area contributed by atoms with E-state index < -0.39 is 0 Å². The highest BCUT2D eigenvalue weighted by molar-refractivity contribution is 6.27. The number of fused-ring (bicyclic) bond motifs is 7. The number of furan rings is 1.